The Morgan fingerprint density at radius 1 is 1.08 bits per heavy atom. The zero-order valence-electron chi connectivity index (χ0n) is 29.2. The van der Waals surface area contributed by atoms with Gasteiger partial charge in [-0.05, 0) is 81.1 Å². The summed E-state index contributed by atoms with van der Waals surface area (Å²) in [6.07, 6.45) is 6.58. The van der Waals surface area contributed by atoms with E-state index in [9.17, 15) is 20.3 Å². The molecule has 12 heteroatoms. The maximum atomic E-state index is 11.8. The minimum absolute atomic E-state index is 0.0338. The van der Waals surface area contributed by atoms with Crippen LogP contribution in [0.25, 0.3) is 11.1 Å². The van der Waals surface area contributed by atoms with E-state index in [1.54, 1.807) is 24.4 Å². The molecule has 3 atom stereocenters. The number of aliphatic hydroxyl groups is 1. The molecular formula is C40H42Cl2N4O6. The average molecular weight is 746 g/mol. The quantitative estimate of drug-likeness (QED) is 0.121. The number of carboxylic acid groups (broad SMARTS) is 1. The lowest BCUT2D eigenvalue weighted by Gasteiger charge is -2.29. The second kappa shape index (κ2) is 16.5. The maximum absolute atomic E-state index is 11.8. The number of aromatic nitrogens is 1. The van der Waals surface area contributed by atoms with Gasteiger partial charge in [0, 0.05) is 54.2 Å². The van der Waals surface area contributed by atoms with Crippen LogP contribution in [0.1, 0.15) is 60.1 Å². The average Bonchev–Trinajstić information content (AvgIpc) is 3.56. The molecule has 3 N–H and O–H groups in total. The fraction of sp³-hybridized carbons (Fsp3) is 0.375. The van der Waals surface area contributed by atoms with E-state index in [0.29, 0.717) is 62.9 Å². The highest BCUT2D eigenvalue weighted by atomic mass is 35.5. The van der Waals surface area contributed by atoms with Gasteiger partial charge in [0.2, 0.25) is 0 Å². The van der Waals surface area contributed by atoms with Gasteiger partial charge in [-0.3, -0.25) is 15.1 Å². The lowest BCUT2D eigenvalue weighted by molar-refractivity contribution is -0.145. The van der Waals surface area contributed by atoms with E-state index in [1.165, 1.54) is 19.5 Å². The summed E-state index contributed by atoms with van der Waals surface area (Å²) in [7, 11) is 2.15. The number of hydrogen-bond acceptors (Lipinski definition) is 9. The largest absolute Gasteiger partial charge is 0.492 e. The van der Waals surface area contributed by atoms with Gasteiger partial charge < -0.3 is 29.3 Å². The molecule has 272 valence electrons. The molecule has 6 rings (SSSR count). The van der Waals surface area contributed by atoms with Gasteiger partial charge in [-0.15, -0.1) is 0 Å². The van der Waals surface area contributed by atoms with Crippen molar-refractivity contribution in [3.8, 4) is 34.4 Å². The number of rotatable bonds is 14. The van der Waals surface area contributed by atoms with Crippen LogP contribution in [0.5, 0.6) is 17.2 Å². The van der Waals surface area contributed by atoms with Gasteiger partial charge in [-0.1, -0.05) is 53.5 Å². The molecule has 52 heavy (non-hydrogen) atoms. The summed E-state index contributed by atoms with van der Waals surface area (Å²) in [4.78, 5) is 18.3. The standard InChI is InChI=1S/C40H42Cl2N4O6/c1-40(24-47,39(48)49)45-20-28-15-33(41)37(16-36(28)51-23-27-14-26(17-43)18-44-19-27)52-34-12-11-30-29(7-3-8-31(30)34)32-9-4-10-35(38(32)42)50-22-25-6-5-13-46(2)21-25/h3-4,7-10,14-16,18-19,25,34,45,47H,5-6,11-13,20-24H2,1-2H3,(H,48,49). The first-order chi connectivity index (χ1) is 25.1. The molecule has 2 aliphatic rings. The Labute approximate surface area is 313 Å². The van der Waals surface area contributed by atoms with Crippen LogP contribution >= 0.6 is 23.2 Å². The predicted octanol–water partition coefficient (Wildman–Crippen LogP) is 7.22. The number of hydrogen-bond donors (Lipinski definition) is 3. The summed E-state index contributed by atoms with van der Waals surface area (Å²) in [5, 5.41) is 32.6. The third-order valence-corrected chi connectivity index (χ3v) is 10.5. The van der Waals surface area contributed by atoms with Gasteiger partial charge in [0.1, 0.15) is 41.6 Å². The van der Waals surface area contributed by atoms with E-state index in [2.05, 4.69) is 40.5 Å². The number of aliphatic hydroxyl groups excluding tert-OH is 1. The number of aliphatic carboxylic acids is 1. The molecule has 0 radical (unpaired) electrons. The van der Waals surface area contributed by atoms with Gasteiger partial charge in [0.05, 0.1) is 28.8 Å². The Morgan fingerprint density at radius 3 is 2.65 bits per heavy atom. The van der Waals surface area contributed by atoms with Gasteiger partial charge in [-0.25, -0.2) is 0 Å². The minimum Gasteiger partial charge on any atom is -0.492 e. The number of benzene rings is 3. The van der Waals surface area contributed by atoms with Gasteiger partial charge in [-0.2, -0.15) is 5.26 Å². The minimum atomic E-state index is -1.59. The molecule has 1 fully saturated rings. The molecule has 3 unspecified atom stereocenters. The molecule has 0 bridgehead atoms. The molecule has 2 heterocycles. The Hall–Kier alpha value is -4.37. The number of nitrogens with one attached hydrogen (secondary N) is 1. The number of ether oxygens (including phenoxy) is 3. The Morgan fingerprint density at radius 2 is 1.88 bits per heavy atom. The number of nitrogens with zero attached hydrogens (tertiary/aromatic N) is 3. The summed E-state index contributed by atoms with van der Waals surface area (Å²) in [6.45, 7) is 3.66. The summed E-state index contributed by atoms with van der Waals surface area (Å²) in [5.74, 6) is 0.753. The highest BCUT2D eigenvalue weighted by Crippen LogP contribution is 2.45. The van der Waals surface area contributed by atoms with Crippen LogP contribution in [0.2, 0.25) is 10.0 Å². The number of likely N-dealkylation sites (tertiary alicyclic amines) is 1. The van der Waals surface area contributed by atoms with E-state index in [1.807, 2.05) is 24.3 Å². The van der Waals surface area contributed by atoms with Crippen LogP contribution in [0.3, 0.4) is 0 Å². The number of piperidine rings is 1. The molecule has 0 saturated carbocycles. The predicted molar refractivity (Wildman–Crippen MR) is 199 cm³/mol. The first-order valence-corrected chi connectivity index (χ1v) is 18.1. The van der Waals surface area contributed by atoms with Crippen LogP contribution in [0.15, 0.2) is 67.0 Å². The molecule has 0 spiro atoms. The van der Waals surface area contributed by atoms with Crippen molar-refractivity contribution in [3.63, 3.8) is 0 Å². The number of carbonyl (C=O) groups is 1. The van der Waals surface area contributed by atoms with Crippen molar-refractivity contribution in [1.82, 2.24) is 15.2 Å². The smallest absolute Gasteiger partial charge is 0.326 e. The SMILES string of the molecule is CN1CCCC(COc2cccc(-c3cccc4c3CCC4Oc3cc(OCc4cncc(C#N)c4)c(CNC(C)(CO)C(=O)O)cc3Cl)c2Cl)C1. The molecule has 1 aromatic heterocycles. The summed E-state index contributed by atoms with van der Waals surface area (Å²) < 4.78 is 19.1. The monoisotopic (exact) mass is 744 g/mol. The van der Waals surface area contributed by atoms with Crippen LogP contribution in [-0.4, -0.2) is 65.0 Å². The van der Waals surface area contributed by atoms with Gasteiger partial charge in [0.15, 0.2) is 0 Å². The van der Waals surface area contributed by atoms with Crippen molar-refractivity contribution < 1.29 is 29.2 Å². The van der Waals surface area contributed by atoms with Crippen LogP contribution in [0, 0.1) is 17.2 Å². The topological polar surface area (TPSA) is 137 Å². The fourth-order valence-electron chi connectivity index (χ4n) is 6.81. The van der Waals surface area contributed by atoms with Gasteiger partial charge >= 0.3 is 5.97 Å². The highest BCUT2D eigenvalue weighted by Gasteiger charge is 2.33. The molecule has 1 aliphatic heterocycles. The van der Waals surface area contributed by atoms with E-state index in [-0.39, 0.29) is 19.3 Å². The number of pyridine rings is 1. The number of halogens is 2. The highest BCUT2D eigenvalue weighted by molar-refractivity contribution is 6.35. The van der Waals surface area contributed by atoms with Crippen molar-refractivity contribution in [2.24, 2.45) is 5.92 Å². The molecule has 10 nitrogen and oxygen atoms in total. The zero-order chi connectivity index (χ0) is 36.8. The molecule has 4 aromatic rings. The lowest BCUT2D eigenvalue weighted by Crippen LogP contribution is -2.52. The molecule has 0 amide bonds. The Kier molecular flexibility index (Phi) is 11.9. The second-order valence-electron chi connectivity index (χ2n) is 13.7. The van der Waals surface area contributed by atoms with Crippen LogP contribution in [-0.2, 0) is 24.4 Å². The van der Waals surface area contributed by atoms with E-state index in [4.69, 9.17) is 37.4 Å². The van der Waals surface area contributed by atoms with Crippen LogP contribution in [0.4, 0.5) is 0 Å². The molecule has 1 saturated heterocycles. The number of fused-ring (bicyclic) bond motifs is 1. The molecular weight excluding hydrogens is 703 g/mol. The van der Waals surface area contributed by atoms with E-state index in [0.717, 1.165) is 48.2 Å². The van der Waals surface area contributed by atoms with Gasteiger partial charge in [0.25, 0.3) is 0 Å². The molecule has 3 aromatic carbocycles. The first-order valence-electron chi connectivity index (χ1n) is 17.4. The third kappa shape index (κ3) is 8.46. The van der Waals surface area contributed by atoms with Crippen molar-refractivity contribution in [2.75, 3.05) is 33.4 Å². The summed E-state index contributed by atoms with van der Waals surface area (Å²) >= 11 is 13.8. The Balaban J connectivity index is 1.24. The first kappa shape index (κ1) is 37.4. The summed E-state index contributed by atoms with van der Waals surface area (Å²) in [6, 6.07) is 19.2. The Bertz CT molecular complexity index is 1970. The van der Waals surface area contributed by atoms with Crippen molar-refractivity contribution in [3.05, 3.63) is 105 Å². The van der Waals surface area contributed by atoms with Crippen LogP contribution < -0.4 is 19.5 Å². The number of nitriles is 1. The van der Waals surface area contributed by atoms with E-state index >= 15 is 0 Å². The van der Waals surface area contributed by atoms with E-state index < -0.39 is 18.1 Å². The number of carboxylic acids is 1. The fourth-order valence-corrected chi connectivity index (χ4v) is 7.32. The third-order valence-electron chi connectivity index (χ3n) is 9.83. The van der Waals surface area contributed by atoms with Crippen molar-refractivity contribution in [2.45, 2.75) is 57.4 Å². The summed E-state index contributed by atoms with van der Waals surface area (Å²) in [5.41, 5.74) is 4.18. The maximum Gasteiger partial charge on any atom is 0.326 e. The zero-order valence-corrected chi connectivity index (χ0v) is 30.7. The van der Waals surface area contributed by atoms with Crippen molar-refractivity contribution in [1.29, 1.82) is 5.26 Å². The normalized spacial score (nSPS) is 18.2. The van der Waals surface area contributed by atoms with Crippen molar-refractivity contribution >= 4 is 29.2 Å². The second-order valence-corrected chi connectivity index (χ2v) is 14.5. The molecule has 1 aliphatic carbocycles. The lowest BCUT2D eigenvalue weighted by atomic mass is 9.96.